The van der Waals surface area contributed by atoms with Gasteiger partial charge in [-0.3, -0.25) is 19.3 Å². The third-order valence-electron chi connectivity index (χ3n) is 5.11. The summed E-state index contributed by atoms with van der Waals surface area (Å²) in [7, 11) is 0. The molecule has 0 radical (unpaired) electrons. The molecule has 8 heteroatoms. The van der Waals surface area contributed by atoms with Gasteiger partial charge in [-0.2, -0.15) is 0 Å². The fraction of sp³-hybridized carbons (Fsp3) is 0.217. The number of nitrogens with zero attached hydrogens (tertiary/aromatic N) is 2. The lowest BCUT2D eigenvalue weighted by Crippen LogP contribution is -2.32. The Hall–Kier alpha value is -2.84. The van der Waals surface area contributed by atoms with E-state index in [1.807, 2.05) is 36.6 Å². The van der Waals surface area contributed by atoms with Crippen LogP contribution in [-0.4, -0.2) is 34.2 Å². The lowest BCUT2D eigenvalue weighted by molar-refractivity contribution is -0.121. The predicted octanol–water partition coefficient (Wildman–Crippen LogP) is 4.57. The van der Waals surface area contributed by atoms with Crippen molar-refractivity contribution in [3.63, 3.8) is 0 Å². The van der Waals surface area contributed by atoms with E-state index in [4.69, 9.17) is 0 Å². The molecule has 0 saturated heterocycles. The molecule has 0 aliphatic carbocycles. The maximum atomic E-state index is 12.5. The van der Waals surface area contributed by atoms with Gasteiger partial charge < -0.3 is 5.32 Å². The minimum atomic E-state index is -0.312. The molecular formula is C23H20BrN3O3S. The van der Waals surface area contributed by atoms with Crippen LogP contribution in [0.5, 0.6) is 0 Å². The van der Waals surface area contributed by atoms with Crippen LogP contribution in [0, 0.1) is 6.92 Å². The molecule has 3 amide bonds. The van der Waals surface area contributed by atoms with Gasteiger partial charge in [0.25, 0.3) is 11.8 Å². The number of thiazole rings is 1. The molecule has 2 heterocycles. The van der Waals surface area contributed by atoms with E-state index in [2.05, 4.69) is 26.2 Å². The molecular weight excluding hydrogens is 478 g/mol. The third kappa shape index (κ3) is 4.60. The highest BCUT2D eigenvalue weighted by molar-refractivity contribution is 9.10. The molecule has 1 aromatic heterocycles. The van der Waals surface area contributed by atoms with Crippen molar-refractivity contribution in [2.75, 3.05) is 6.54 Å². The number of hydrogen-bond acceptors (Lipinski definition) is 5. The van der Waals surface area contributed by atoms with Crippen molar-refractivity contribution >= 4 is 45.0 Å². The van der Waals surface area contributed by atoms with Crippen molar-refractivity contribution < 1.29 is 14.4 Å². The molecule has 0 bridgehead atoms. The van der Waals surface area contributed by atoms with Gasteiger partial charge in [-0.05, 0) is 37.1 Å². The molecule has 2 aromatic carbocycles. The smallest absolute Gasteiger partial charge is 0.261 e. The van der Waals surface area contributed by atoms with Crippen LogP contribution >= 0.6 is 27.3 Å². The van der Waals surface area contributed by atoms with Crippen LogP contribution < -0.4 is 5.32 Å². The van der Waals surface area contributed by atoms with Gasteiger partial charge in [-0.25, -0.2) is 4.98 Å². The number of halogens is 1. The van der Waals surface area contributed by atoms with Crippen molar-refractivity contribution in [3.8, 4) is 10.6 Å². The SMILES string of the molecule is Cc1ccccc1-c1nc(CNC(=O)CCCN2C(=O)c3ccc(Br)cc3C2=O)cs1. The summed E-state index contributed by atoms with van der Waals surface area (Å²) in [6.45, 7) is 2.61. The molecule has 4 rings (SSSR count). The minimum Gasteiger partial charge on any atom is -0.350 e. The van der Waals surface area contributed by atoms with E-state index in [-0.39, 0.29) is 30.7 Å². The Bertz CT molecular complexity index is 1170. The maximum absolute atomic E-state index is 12.5. The highest BCUT2D eigenvalue weighted by Gasteiger charge is 2.35. The molecule has 3 aromatic rings. The average Bonchev–Trinajstić information content (AvgIpc) is 3.31. The topological polar surface area (TPSA) is 79.4 Å². The van der Waals surface area contributed by atoms with E-state index >= 15 is 0 Å². The summed E-state index contributed by atoms with van der Waals surface area (Å²) in [6.07, 6.45) is 0.635. The molecule has 0 spiro atoms. The highest BCUT2D eigenvalue weighted by atomic mass is 79.9. The van der Waals surface area contributed by atoms with Crippen molar-refractivity contribution in [1.82, 2.24) is 15.2 Å². The Morgan fingerprint density at radius 1 is 1.10 bits per heavy atom. The molecule has 0 fully saturated rings. The highest BCUT2D eigenvalue weighted by Crippen LogP contribution is 2.27. The quantitative estimate of drug-likeness (QED) is 0.484. The number of aromatic nitrogens is 1. The first-order valence-electron chi connectivity index (χ1n) is 9.87. The number of aryl methyl sites for hydroxylation is 1. The van der Waals surface area contributed by atoms with Gasteiger partial charge in [0.1, 0.15) is 5.01 Å². The lowest BCUT2D eigenvalue weighted by Gasteiger charge is -2.13. The first-order valence-corrected chi connectivity index (χ1v) is 11.5. The van der Waals surface area contributed by atoms with E-state index in [0.29, 0.717) is 24.1 Å². The molecule has 1 N–H and O–H groups in total. The second kappa shape index (κ2) is 9.11. The van der Waals surface area contributed by atoms with Crippen LogP contribution in [0.25, 0.3) is 10.6 Å². The number of nitrogens with one attached hydrogen (secondary N) is 1. The Kier molecular flexibility index (Phi) is 6.29. The Labute approximate surface area is 192 Å². The fourth-order valence-corrected chi connectivity index (χ4v) is 4.74. The zero-order chi connectivity index (χ0) is 22.0. The van der Waals surface area contributed by atoms with Gasteiger partial charge in [-0.15, -0.1) is 11.3 Å². The Balaban J connectivity index is 1.26. The van der Waals surface area contributed by atoms with Crippen LogP contribution in [0.3, 0.4) is 0 Å². The lowest BCUT2D eigenvalue weighted by atomic mass is 10.1. The zero-order valence-corrected chi connectivity index (χ0v) is 19.3. The number of amides is 3. The Morgan fingerprint density at radius 2 is 1.87 bits per heavy atom. The summed E-state index contributed by atoms with van der Waals surface area (Å²) in [5.74, 6) is -0.753. The number of carbonyl (C=O) groups is 3. The number of benzene rings is 2. The number of rotatable bonds is 7. The van der Waals surface area contributed by atoms with Crippen LogP contribution in [0.15, 0.2) is 52.3 Å². The van der Waals surface area contributed by atoms with Crippen LogP contribution in [0.4, 0.5) is 0 Å². The molecule has 0 unspecified atom stereocenters. The summed E-state index contributed by atoms with van der Waals surface area (Å²) >= 11 is 4.87. The van der Waals surface area contributed by atoms with E-state index in [1.165, 1.54) is 4.90 Å². The van der Waals surface area contributed by atoms with Crippen molar-refractivity contribution in [1.29, 1.82) is 0 Å². The van der Waals surface area contributed by atoms with Gasteiger partial charge in [0.05, 0.1) is 23.4 Å². The van der Waals surface area contributed by atoms with Crippen LogP contribution in [0.2, 0.25) is 0 Å². The van der Waals surface area contributed by atoms with Crippen molar-refractivity contribution in [3.05, 3.63) is 74.7 Å². The number of carbonyl (C=O) groups excluding carboxylic acids is 3. The standard InChI is InChI=1S/C23H20BrN3O3S/c1-14-5-2-3-6-17(14)21-26-16(13-31-21)12-25-20(28)7-4-10-27-22(29)18-9-8-15(24)11-19(18)23(27)30/h2-3,5-6,8-9,11,13H,4,7,10,12H2,1H3,(H,25,28). The molecule has 0 atom stereocenters. The van der Waals surface area contributed by atoms with Crippen molar-refractivity contribution in [2.45, 2.75) is 26.3 Å². The summed E-state index contributed by atoms with van der Waals surface area (Å²) in [5, 5.41) is 5.74. The number of fused-ring (bicyclic) bond motifs is 1. The third-order valence-corrected chi connectivity index (χ3v) is 6.53. The van der Waals surface area contributed by atoms with Crippen molar-refractivity contribution in [2.24, 2.45) is 0 Å². The first kappa shape index (κ1) is 21.4. The molecule has 31 heavy (non-hydrogen) atoms. The number of hydrogen-bond donors (Lipinski definition) is 1. The summed E-state index contributed by atoms with van der Waals surface area (Å²) in [6, 6.07) is 13.1. The second-order valence-corrected chi connectivity index (χ2v) is 9.06. The van der Waals surface area contributed by atoms with Gasteiger partial charge in [0.2, 0.25) is 5.91 Å². The van der Waals surface area contributed by atoms with Gasteiger partial charge in [0.15, 0.2) is 0 Å². The zero-order valence-electron chi connectivity index (χ0n) is 16.9. The molecule has 158 valence electrons. The first-order chi connectivity index (χ1) is 14.9. The van der Waals surface area contributed by atoms with Crippen LogP contribution in [0.1, 0.15) is 44.8 Å². The molecule has 6 nitrogen and oxygen atoms in total. The summed E-state index contributed by atoms with van der Waals surface area (Å²) < 4.78 is 0.751. The maximum Gasteiger partial charge on any atom is 0.261 e. The van der Waals surface area contributed by atoms with E-state index in [9.17, 15) is 14.4 Å². The largest absolute Gasteiger partial charge is 0.350 e. The molecule has 1 aliphatic rings. The van der Waals surface area contributed by atoms with Gasteiger partial charge >= 0.3 is 0 Å². The van der Waals surface area contributed by atoms with Crippen LogP contribution in [-0.2, 0) is 11.3 Å². The van der Waals surface area contributed by atoms with Gasteiger partial charge in [0, 0.05) is 28.4 Å². The average molecular weight is 498 g/mol. The normalized spacial score (nSPS) is 12.9. The van der Waals surface area contributed by atoms with E-state index in [1.54, 1.807) is 29.5 Å². The molecule has 0 saturated carbocycles. The predicted molar refractivity (Wildman–Crippen MR) is 123 cm³/mol. The minimum absolute atomic E-state index is 0.134. The second-order valence-electron chi connectivity index (χ2n) is 7.29. The van der Waals surface area contributed by atoms with Gasteiger partial charge in [-0.1, -0.05) is 40.2 Å². The molecule has 1 aliphatic heterocycles. The summed E-state index contributed by atoms with van der Waals surface area (Å²) in [4.78, 5) is 42.9. The summed E-state index contributed by atoms with van der Waals surface area (Å²) in [5.41, 5.74) is 3.87. The number of imide groups is 1. The van der Waals surface area contributed by atoms with E-state index in [0.717, 1.165) is 26.3 Å². The van der Waals surface area contributed by atoms with E-state index < -0.39 is 0 Å². The Morgan fingerprint density at radius 3 is 2.68 bits per heavy atom. The fourth-order valence-electron chi connectivity index (χ4n) is 3.47. The monoisotopic (exact) mass is 497 g/mol.